The third-order valence-electron chi connectivity index (χ3n) is 3.84. The summed E-state index contributed by atoms with van der Waals surface area (Å²) in [5.41, 5.74) is 3.80. The summed E-state index contributed by atoms with van der Waals surface area (Å²) in [5, 5.41) is 10.5. The lowest BCUT2D eigenvalue weighted by Gasteiger charge is -2.23. The molecule has 2 aliphatic rings. The summed E-state index contributed by atoms with van der Waals surface area (Å²) in [6, 6.07) is 0. The van der Waals surface area contributed by atoms with E-state index in [1.165, 1.54) is 0 Å². The van der Waals surface area contributed by atoms with Gasteiger partial charge in [0.2, 0.25) is 10.0 Å². The highest BCUT2D eigenvalue weighted by Crippen LogP contribution is 2.41. The highest BCUT2D eigenvalue weighted by molar-refractivity contribution is 7.90. The zero-order valence-electron chi connectivity index (χ0n) is 13.3. The maximum Gasteiger partial charge on any atom is 0.312 e. The smallest absolute Gasteiger partial charge is 0.312 e. The van der Waals surface area contributed by atoms with Gasteiger partial charge in [-0.25, -0.2) is 8.42 Å². The highest BCUT2D eigenvalue weighted by atomic mass is 32.2. The van der Waals surface area contributed by atoms with E-state index in [0.29, 0.717) is 0 Å². The molecule has 0 amide bonds. The molecule has 1 aliphatic carbocycles. The molecule has 0 radical (unpaired) electrons. The predicted molar refractivity (Wildman–Crippen MR) is 80.5 cm³/mol. The van der Waals surface area contributed by atoms with Crippen molar-refractivity contribution in [3.8, 4) is 0 Å². The van der Waals surface area contributed by atoms with E-state index >= 15 is 0 Å². The van der Waals surface area contributed by atoms with Crippen LogP contribution in [0.15, 0.2) is 0 Å². The Kier molecular flexibility index (Phi) is 4.48. The number of rotatable bonds is 5. The minimum Gasteiger partial charge on any atom is -0.481 e. The number of carboxylic acid groups (broad SMARTS) is 1. The van der Waals surface area contributed by atoms with E-state index in [1.807, 2.05) is 0 Å². The number of aliphatic carboxylic acids is 1. The first-order chi connectivity index (χ1) is 10.4. The fraction of sp³-hybridized carbons (Fsp3) is 0.846. The average molecular weight is 349 g/mol. The van der Waals surface area contributed by atoms with Crippen LogP contribution < -0.4 is 15.8 Å². The van der Waals surface area contributed by atoms with Crippen LogP contribution in [0.1, 0.15) is 33.6 Å². The van der Waals surface area contributed by atoms with Crippen LogP contribution in [0.3, 0.4) is 0 Å². The molecule has 0 bridgehead atoms. The fourth-order valence-electron chi connectivity index (χ4n) is 2.64. The van der Waals surface area contributed by atoms with Crippen molar-refractivity contribution in [1.82, 2.24) is 10.0 Å². The first kappa shape index (κ1) is 18.1. The molecule has 4 unspecified atom stereocenters. The zero-order valence-corrected chi connectivity index (χ0v) is 14.1. The summed E-state index contributed by atoms with van der Waals surface area (Å²) in [6.07, 6.45) is 0.333. The molecule has 0 spiro atoms. The second-order valence-corrected chi connectivity index (χ2v) is 8.89. The topological polar surface area (TPSA) is 148 Å². The fourth-order valence-corrected chi connectivity index (χ4v) is 4.54. The maximum atomic E-state index is 12.4. The predicted octanol–water partition coefficient (Wildman–Crippen LogP) is -1.06. The Morgan fingerprint density at radius 3 is 2.52 bits per heavy atom. The third-order valence-corrected chi connectivity index (χ3v) is 5.67. The van der Waals surface area contributed by atoms with Gasteiger partial charge in [-0.3, -0.25) is 14.9 Å². The molecule has 4 atom stereocenters. The van der Waals surface area contributed by atoms with E-state index in [-0.39, 0.29) is 19.4 Å². The molecule has 1 aliphatic heterocycles. The minimum absolute atomic E-state index is 0.117. The van der Waals surface area contributed by atoms with Gasteiger partial charge in [-0.05, 0) is 40.2 Å². The summed E-state index contributed by atoms with van der Waals surface area (Å²) in [4.78, 5) is 23.1. The summed E-state index contributed by atoms with van der Waals surface area (Å²) in [6.45, 7) is 5.40. The molecule has 2 fully saturated rings. The molecule has 1 saturated carbocycles. The normalized spacial score (nSPS) is 34.2. The lowest BCUT2D eigenvalue weighted by molar-refractivity contribution is -0.157. The van der Waals surface area contributed by atoms with E-state index in [2.05, 4.69) is 10.0 Å². The summed E-state index contributed by atoms with van der Waals surface area (Å²) < 4.78 is 32.2. The van der Waals surface area contributed by atoms with Gasteiger partial charge in [0, 0.05) is 0 Å². The van der Waals surface area contributed by atoms with Gasteiger partial charge in [0.15, 0.2) is 0 Å². The molecule has 1 saturated heterocycles. The van der Waals surface area contributed by atoms with Crippen molar-refractivity contribution in [3.05, 3.63) is 0 Å². The number of nitrogens with one attached hydrogen (secondary N) is 2. The number of nitrogens with two attached hydrogens (primary N) is 1. The summed E-state index contributed by atoms with van der Waals surface area (Å²) in [5.74, 6) is -3.58. The van der Waals surface area contributed by atoms with Crippen LogP contribution in [-0.2, 0) is 24.3 Å². The third kappa shape index (κ3) is 4.00. The van der Waals surface area contributed by atoms with E-state index < -0.39 is 50.4 Å². The number of esters is 1. The Labute approximate surface area is 135 Å². The van der Waals surface area contributed by atoms with Crippen LogP contribution in [0.5, 0.6) is 0 Å². The van der Waals surface area contributed by atoms with Gasteiger partial charge in [-0.15, -0.1) is 0 Å². The maximum absolute atomic E-state index is 12.4. The second kappa shape index (κ2) is 5.69. The lowest BCUT2D eigenvalue weighted by atomic mass is 10.1. The van der Waals surface area contributed by atoms with Crippen LogP contribution in [0.4, 0.5) is 0 Å². The van der Waals surface area contributed by atoms with Gasteiger partial charge in [0.05, 0.1) is 17.5 Å². The quantitative estimate of drug-likeness (QED) is 0.363. The Hall–Kier alpha value is -1.23. The Balaban J connectivity index is 2.04. The first-order valence-electron chi connectivity index (χ1n) is 7.36. The molecular weight excluding hydrogens is 326 g/mol. The van der Waals surface area contributed by atoms with Crippen molar-refractivity contribution in [3.63, 3.8) is 0 Å². The molecule has 132 valence electrons. The molecule has 23 heavy (non-hydrogen) atoms. The largest absolute Gasteiger partial charge is 0.481 e. The van der Waals surface area contributed by atoms with Gasteiger partial charge >= 0.3 is 11.9 Å². The highest BCUT2D eigenvalue weighted by Gasteiger charge is 2.60. The number of hydrogen-bond donors (Lipinski definition) is 4. The van der Waals surface area contributed by atoms with Gasteiger partial charge in [-0.2, -0.15) is 4.72 Å². The number of carboxylic acids is 1. The summed E-state index contributed by atoms with van der Waals surface area (Å²) in [7, 11) is -4.03. The molecule has 0 aromatic rings. The zero-order chi connectivity index (χ0) is 17.6. The van der Waals surface area contributed by atoms with Crippen molar-refractivity contribution >= 4 is 22.0 Å². The Morgan fingerprint density at radius 1 is 1.39 bits per heavy atom. The molecule has 2 rings (SSSR count). The molecule has 0 aromatic heterocycles. The number of hydrogen-bond acceptors (Lipinski definition) is 7. The molecule has 9 nitrogen and oxygen atoms in total. The number of carbonyl (C=O) groups excluding carboxylic acids is 1. The molecule has 5 N–H and O–H groups in total. The van der Waals surface area contributed by atoms with Crippen molar-refractivity contribution in [2.75, 3.05) is 6.54 Å². The average Bonchev–Trinajstić information content (AvgIpc) is 2.83. The minimum atomic E-state index is -4.03. The van der Waals surface area contributed by atoms with E-state index in [1.54, 1.807) is 20.8 Å². The van der Waals surface area contributed by atoms with Crippen LogP contribution >= 0.6 is 0 Å². The SMILES string of the molecule is CC(C)(C)OC(=O)C1CC1(N)NS(=O)(=O)C1NCCC1C(=O)O. The van der Waals surface area contributed by atoms with Gasteiger partial charge in [0.25, 0.3) is 0 Å². The van der Waals surface area contributed by atoms with Crippen molar-refractivity contribution in [1.29, 1.82) is 0 Å². The van der Waals surface area contributed by atoms with E-state index in [9.17, 15) is 18.0 Å². The number of sulfonamides is 1. The number of ether oxygens (including phenoxy) is 1. The van der Waals surface area contributed by atoms with E-state index in [0.717, 1.165) is 0 Å². The van der Waals surface area contributed by atoms with Crippen LogP contribution in [0.25, 0.3) is 0 Å². The molecule has 0 aromatic carbocycles. The van der Waals surface area contributed by atoms with E-state index in [4.69, 9.17) is 15.6 Å². The van der Waals surface area contributed by atoms with Gasteiger partial charge in [0.1, 0.15) is 11.0 Å². The Bertz CT molecular complexity index is 614. The van der Waals surface area contributed by atoms with Crippen LogP contribution in [0.2, 0.25) is 0 Å². The molecule has 1 heterocycles. The standard InChI is InChI=1S/C13H23N3O6S/c1-12(2,3)22-11(19)8-6-13(8,14)16-23(20,21)9-7(10(17)18)4-5-15-9/h7-9,15-16H,4-6,14H2,1-3H3,(H,17,18). The van der Waals surface area contributed by atoms with Gasteiger partial charge < -0.3 is 15.6 Å². The lowest BCUT2D eigenvalue weighted by Crippen LogP contribution is -2.54. The molecule has 10 heteroatoms. The molecular formula is C13H23N3O6S. The number of carbonyl (C=O) groups is 2. The monoisotopic (exact) mass is 349 g/mol. The van der Waals surface area contributed by atoms with Crippen LogP contribution in [0, 0.1) is 11.8 Å². The van der Waals surface area contributed by atoms with Crippen LogP contribution in [-0.4, -0.2) is 48.6 Å². The Morgan fingerprint density at radius 2 is 2.00 bits per heavy atom. The van der Waals surface area contributed by atoms with Crippen molar-refractivity contribution in [2.45, 2.75) is 50.3 Å². The second-order valence-electron chi connectivity index (χ2n) is 7.09. The van der Waals surface area contributed by atoms with Crippen molar-refractivity contribution in [2.24, 2.45) is 17.6 Å². The first-order valence-corrected chi connectivity index (χ1v) is 8.91. The summed E-state index contributed by atoms with van der Waals surface area (Å²) >= 11 is 0. The van der Waals surface area contributed by atoms with Gasteiger partial charge in [-0.1, -0.05) is 0 Å². The van der Waals surface area contributed by atoms with Crippen molar-refractivity contribution < 1.29 is 27.9 Å².